The summed E-state index contributed by atoms with van der Waals surface area (Å²) in [5.74, 6) is -0.147. The van der Waals surface area contributed by atoms with E-state index in [1.807, 2.05) is 24.3 Å². The van der Waals surface area contributed by atoms with Crippen LogP contribution in [0.15, 0.2) is 53.3 Å². The van der Waals surface area contributed by atoms with Gasteiger partial charge in [0.15, 0.2) is 0 Å². The van der Waals surface area contributed by atoms with Crippen LogP contribution < -0.4 is 10.5 Å². The van der Waals surface area contributed by atoms with Gasteiger partial charge in [0.05, 0.1) is 5.39 Å². The van der Waals surface area contributed by atoms with Gasteiger partial charge in [0, 0.05) is 12.2 Å². The number of amides is 1. The first-order valence-corrected chi connectivity index (χ1v) is 7.90. The van der Waals surface area contributed by atoms with Crippen LogP contribution >= 0.6 is 0 Å². The second kappa shape index (κ2) is 5.56. The van der Waals surface area contributed by atoms with Gasteiger partial charge in [-0.25, -0.2) is 0 Å². The Morgan fingerprint density at radius 3 is 2.75 bits per heavy atom. The fourth-order valence-corrected chi connectivity index (χ4v) is 3.15. The van der Waals surface area contributed by atoms with Gasteiger partial charge in [0.1, 0.15) is 11.6 Å². The van der Waals surface area contributed by atoms with Gasteiger partial charge in [0.2, 0.25) is 0 Å². The molecule has 0 N–H and O–H groups in total. The lowest BCUT2D eigenvalue weighted by Crippen LogP contribution is -2.39. The van der Waals surface area contributed by atoms with Gasteiger partial charge in [-0.05, 0) is 37.1 Å². The highest BCUT2D eigenvalue weighted by atomic mass is 16.2. The van der Waals surface area contributed by atoms with Crippen molar-refractivity contribution in [2.75, 3.05) is 11.4 Å². The molecule has 6 heteroatoms. The Hall–Kier alpha value is -3.02. The summed E-state index contributed by atoms with van der Waals surface area (Å²) in [4.78, 5) is 27.2. The van der Waals surface area contributed by atoms with Gasteiger partial charge in [-0.3, -0.25) is 9.59 Å². The van der Waals surface area contributed by atoms with Gasteiger partial charge in [-0.2, -0.15) is 4.68 Å². The van der Waals surface area contributed by atoms with Crippen LogP contribution in [-0.2, 0) is 11.2 Å². The summed E-state index contributed by atoms with van der Waals surface area (Å²) in [5, 5.41) is 8.49. The van der Waals surface area contributed by atoms with Crippen molar-refractivity contribution in [3.8, 4) is 0 Å². The third-order valence-electron chi connectivity index (χ3n) is 4.47. The summed E-state index contributed by atoms with van der Waals surface area (Å²) in [6.07, 6.45) is 0.826. The molecular weight excluding hydrogens is 304 g/mol. The molecule has 0 radical (unpaired) electrons. The predicted octanol–water partition coefficient (Wildman–Crippen LogP) is 1.94. The standard InChI is InChI=1S/C18H16N4O2/c1-12(17(23)21-11-10-13-6-2-5-9-16(13)21)22-18(24)14-7-3-4-8-15(14)19-20-22/h2-9,12H,10-11H2,1H3/t12-/m0/s1. The lowest BCUT2D eigenvalue weighted by Gasteiger charge is -2.22. The third kappa shape index (κ3) is 2.19. The summed E-state index contributed by atoms with van der Waals surface area (Å²) in [5.41, 5.74) is 2.30. The van der Waals surface area contributed by atoms with Crippen LogP contribution in [0, 0.1) is 0 Å². The number of aromatic nitrogens is 3. The molecule has 0 unspecified atom stereocenters. The Kier molecular flexibility index (Phi) is 3.37. The lowest BCUT2D eigenvalue weighted by molar-refractivity contribution is -0.121. The van der Waals surface area contributed by atoms with Crippen LogP contribution in [-0.4, -0.2) is 27.4 Å². The topological polar surface area (TPSA) is 68.1 Å². The van der Waals surface area contributed by atoms with E-state index < -0.39 is 6.04 Å². The van der Waals surface area contributed by atoms with E-state index >= 15 is 0 Å². The minimum absolute atomic E-state index is 0.147. The minimum atomic E-state index is -0.708. The zero-order chi connectivity index (χ0) is 16.7. The Bertz CT molecular complexity index is 995. The van der Waals surface area contributed by atoms with Gasteiger partial charge in [-0.15, -0.1) is 5.10 Å². The quantitative estimate of drug-likeness (QED) is 0.724. The summed E-state index contributed by atoms with van der Waals surface area (Å²) in [7, 11) is 0. The number of nitrogens with zero attached hydrogens (tertiary/aromatic N) is 4. The highest BCUT2D eigenvalue weighted by Crippen LogP contribution is 2.29. The molecule has 0 saturated carbocycles. The highest BCUT2D eigenvalue weighted by Gasteiger charge is 2.29. The predicted molar refractivity (Wildman–Crippen MR) is 91.0 cm³/mol. The van der Waals surface area contributed by atoms with Crippen molar-refractivity contribution in [1.82, 2.24) is 15.0 Å². The maximum atomic E-state index is 12.9. The number of anilines is 1. The smallest absolute Gasteiger partial charge is 0.278 e. The molecule has 6 nitrogen and oxygen atoms in total. The van der Waals surface area contributed by atoms with Crippen LogP contribution in [0.1, 0.15) is 18.5 Å². The van der Waals surface area contributed by atoms with Crippen LogP contribution in [0.25, 0.3) is 10.9 Å². The fraction of sp³-hybridized carbons (Fsp3) is 0.222. The monoisotopic (exact) mass is 320 g/mol. The van der Waals surface area contributed by atoms with Crippen molar-refractivity contribution in [2.45, 2.75) is 19.4 Å². The van der Waals surface area contributed by atoms with E-state index in [0.29, 0.717) is 17.4 Å². The molecule has 0 bridgehead atoms. The molecule has 0 aliphatic carbocycles. The Morgan fingerprint density at radius 1 is 1.12 bits per heavy atom. The van der Waals surface area contributed by atoms with Crippen LogP contribution in [0.4, 0.5) is 5.69 Å². The molecule has 4 rings (SSSR count). The van der Waals surface area contributed by atoms with E-state index in [-0.39, 0.29) is 11.5 Å². The molecule has 1 aromatic heterocycles. The maximum Gasteiger partial charge on any atom is 0.278 e. The van der Waals surface area contributed by atoms with Crippen molar-refractivity contribution in [3.63, 3.8) is 0 Å². The molecule has 1 aliphatic rings. The largest absolute Gasteiger partial charge is 0.310 e. The fourth-order valence-electron chi connectivity index (χ4n) is 3.15. The maximum absolute atomic E-state index is 12.9. The first-order valence-electron chi connectivity index (χ1n) is 7.90. The van der Waals surface area contributed by atoms with E-state index in [1.165, 1.54) is 4.68 Å². The van der Waals surface area contributed by atoms with Crippen LogP contribution in [0.3, 0.4) is 0 Å². The number of para-hydroxylation sites is 1. The third-order valence-corrected chi connectivity index (χ3v) is 4.47. The molecule has 120 valence electrons. The number of hydrogen-bond donors (Lipinski definition) is 0. The molecule has 3 aromatic rings. The normalized spacial score (nSPS) is 14.6. The number of hydrogen-bond acceptors (Lipinski definition) is 4. The van der Waals surface area contributed by atoms with E-state index in [9.17, 15) is 9.59 Å². The molecule has 1 atom stereocenters. The van der Waals surface area contributed by atoms with Gasteiger partial charge in [-0.1, -0.05) is 35.5 Å². The van der Waals surface area contributed by atoms with E-state index in [0.717, 1.165) is 17.7 Å². The highest BCUT2D eigenvalue weighted by molar-refractivity contribution is 5.97. The molecule has 2 heterocycles. The van der Waals surface area contributed by atoms with E-state index in [2.05, 4.69) is 10.3 Å². The number of benzene rings is 2. The van der Waals surface area contributed by atoms with Crippen molar-refractivity contribution in [3.05, 3.63) is 64.4 Å². The first-order chi connectivity index (χ1) is 11.7. The second-order valence-corrected chi connectivity index (χ2v) is 5.90. The summed E-state index contributed by atoms with van der Waals surface area (Å²) >= 11 is 0. The van der Waals surface area contributed by atoms with Crippen LogP contribution in [0.2, 0.25) is 0 Å². The summed E-state index contributed by atoms with van der Waals surface area (Å²) in [6.45, 7) is 2.31. The molecule has 1 amide bonds. The Labute approximate surface area is 138 Å². The van der Waals surface area contributed by atoms with E-state index in [1.54, 1.807) is 36.1 Å². The molecule has 2 aromatic carbocycles. The Balaban J connectivity index is 1.72. The Morgan fingerprint density at radius 2 is 1.88 bits per heavy atom. The average molecular weight is 320 g/mol. The second-order valence-electron chi connectivity index (χ2n) is 5.90. The van der Waals surface area contributed by atoms with Crippen molar-refractivity contribution in [1.29, 1.82) is 0 Å². The molecule has 0 spiro atoms. The summed E-state index contributed by atoms with van der Waals surface area (Å²) in [6, 6.07) is 14.1. The van der Waals surface area contributed by atoms with Crippen molar-refractivity contribution < 1.29 is 4.79 Å². The number of carbonyl (C=O) groups is 1. The number of carbonyl (C=O) groups excluding carboxylic acids is 1. The number of rotatable bonds is 2. The van der Waals surface area contributed by atoms with Gasteiger partial charge in [0.25, 0.3) is 11.5 Å². The van der Waals surface area contributed by atoms with Gasteiger partial charge < -0.3 is 4.90 Å². The van der Waals surface area contributed by atoms with Crippen molar-refractivity contribution >= 4 is 22.5 Å². The van der Waals surface area contributed by atoms with Crippen LogP contribution in [0.5, 0.6) is 0 Å². The zero-order valence-corrected chi connectivity index (χ0v) is 13.2. The summed E-state index contributed by atoms with van der Waals surface area (Å²) < 4.78 is 1.17. The lowest BCUT2D eigenvalue weighted by atomic mass is 10.2. The van der Waals surface area contributed by atoms with Crippen molar-refractivity contribution in [2.24, 2.45) is 0 Å². The SMILES string of the molecule is C[C@@H](C(=O)N1CCc2ccccc21)n1nnc2ccccc2c1=O. The van der Waals surface area contributed by atoms with Gasteiger partial charge >= 0.3 is 0 Å². The molecule has 24 heavy (non-hydrogen) atoms. The molecule has 1 aliphatic heterocycles. The minimum Gasteiger partial charge on any atom is -0.310 e. The number of fused-ring (bicyclic) bond motifs is 2. The van der Waals surface area contributed by atoms with E-state index in [4.69, 9.17) is 0 Å². The molecular formula is C18H16N4O2. The first kappa shape index (κ1) is 14.6. The molecule has 0 fully saturated rings. The zero-order valence-electron chi connectivity index (χ0n) is 13.2. The molecule has 0 saturated heterocycles. The average Bonchev–Trinajstić information content (AvgIpc) is 3.05.